The van der Waals surface area contributed by atoms with Gasteiger partial charge in [0.05, 0.1) is 9.50 Å². The average molecular weight is 249 g/mol. The van der Waals surface area contributed by atoms with E-state index in [2.05, 4.69) is 26.1 Å². The average Bonchev–Trinajstić information content (AvgIpc) is 2.48. The van der Waals surface area contributed by atoms with E-state index in [1.54, 1.807) is 6.20 Å². The summed E-state index contributed by atoms with van der Waals surface area (Å²) in [6.45, 7) is 0. The number of H-pyrrole nitrogens is 1. The van der Waals surface area contributed by atoms with Crippen LogP contribution in [0.15, 0.2) is 16.7 Å². The molecule has 0 fully saturated rings. The van der Waals surface area contributed by atoms with Gasteiger partial charge in [-0.3, -0.25) is 5.10 Å². The van der Waals surface area contributed by atoms with E-state index in [9.17, 15) is 4.39 Å². The third kappa shape index (κ3) is 1.03. The van der Waals surface area contributed by atoms with E-state index in [0.717, 1.165) is 0 Å². The smallest absolute Gasteiger partial charge is 0.165 e. The molecule has 2 rings (SSSR count). The van der Waals surface area contributed by atoms with Gasteiger partial charge in [0, 0.05) is 11.6 Å². The van der Waals surface area contributed by atoms with Crippen LogP contribution in [-0.2, 0) is 0 Å². The first-order valence-electron chi connectivity index (χ1n) is 3.17. The van der Waals surface area contributed by atoms with Crippen LogP contribution < -0.4 is 0 Å². The first kappa shape index (κ1) is 8.01. The van der Waals surface area contributed by atoms with E-state index in [1.165, 1.54) is 6.07 Å². The number of nitrogens with one attached hydrogen (secondary N) is 1. The zero-order chi connectivity index (χ0) is 8.72. The Hall–Kier alpha value is -0.610. The zero-order valence-electron chi connectivity index (χ0n) is 5.74. The summed E-state index contributed by atoms with van der Waals surface area (Å²) >= 11 is 8.86. The summed E-state index contributed by atoms with van der Waals surface area (Å²) in [4.78, 5) is 0. The minimum absolute atomic E-state index is 0.259. The van der Waals surface area contributed by atoms with E-state index in [0.29, 0.717) is 14.9 Å². The Morgan fingerprint density at radius 3 is 3.08 bits per heavy atom. The number of hydrogen-bond donors (Lipinski definition) is 1. The number of hydrogen-bond acceptors (Lipinski definition) is 1. The Bertz CT molecular complexity index is 440. The van der Waals surface area contributed by atoms with Gasteiger partial charge in [0.25, 0.3) is 0 Å². The second kappa shape index (κ2) is 2.71. The minimum atomic E-state index is -0.393. The second-order valence-corrected chi connectivity index (χ2v) is 3.56. The van der Waals surface area contributed by atoms with Gasteiger partial charge in [0.1, 0.15) is 5.52 Å². The molecule has 2 aromatic rings. The third-order valence-corrected chi connectivity index (χ3v) is 2.46. The van der Waals surface area contributed by atoms with Gasteiger partial charge in [-0.25, -0.2) is 4.39 Å². The molecule has 1 heterocycles. The van der Waals surface area contributed by atoms with Crippen molar-refractivity contribution in [3.63, 3.8) is 0 Å². The Balaban J connectivity index is 2.97. The second-order valence-electron chi connectivity index (χ2n) is 2.30. The lowest BCUT2D eigenvalue weighted by molar-refractivity contribution is 0.630. The van der Waals surface area contributed by atoms with Crippen molar-refractivity contribution in [3.05, 3.63) is 27.6 Å². The van der Waals surface area contributed by atoms with E-state index in [-0.39, 0.29) is 5.52 Å². The van der Waals surface area contributed by atoms with Crippen molar-refractivity contribution < 1.29 is 4.39 Å². The highest BCUT2D eigenvalue weighted by molar-refractivity contribution is 9.10. The highest BCUT2D eigenvalue weighted by Gasteiger charge is 2.10. The van der Waals surface area contributed by atoms with E-state index in [1.807, 2.05) is 0 Å². The first-order chi connectivity index (χ1) is 5.70. The van der Waals surface area contributed by atoms with Gasteiger partial charge in [-0.05, 0) is 22.0 Å². The maximum absolute atomic E-state index is 13.2. The quantitative estimate of drug-likeness (QED) is 0.714. The van der Waals surface area contributed by atoms with Gasteiger partial charge in [-0.15, -0.1) is 0 Å². The summed E-state index contributed by atoms with van der Waals surface area (Å²) in [6.07, 6.45) is 1.56. The fourth-order valence-corrected chi connectivity index (χ4v) is 1.81. The SMILES string of the molecule is Fc1c(Br)cc(Cl)c2c[nH]nc12. The fraction of sp³-hybridized carbons (Fsp3) is 0. The van der Waals surface area contributed by atoms with Crippen molar-refractivity contribution in [2.45, 2.75) is 0 Å². The van der Waals surface area contributed by atoms with Crippen LogP contribution in [0.3, 0.4) is 0 Å². The van der Waals surface area contributed by atoms with Crippen molar-refractivity contribution in [2.75, 3.05) is 0 Å². The normalized spacial score (nSPS) is 10.9. The number of fused-ring (bicyclic) bond motifs is 1. The molecular weight excluding hydrogens is 246 g/mol. The van der Waals surface area contributed by atoms with Crippen molar-refractivity contribution >= 4 is 38.4 Å². The number of aromatic nitrogens is 2. The van der Waals surface area contributed by atoms with Crippen LogP contribution in [-0.4, -0.2) is 10.2 Å². The molecule has 0 radical (unpaired) electrons. The molecule has 0 aliphatic heterocycles. The van der Waals surface area contributed by atoms with Gasteiger partial charge in [0.15, 0.2) is 5.82 Å². The number of benzene rings is 1. The van der Waals surface area contributed by atoms with Gasteiger partial charge in [-0.1, -0.05) is 11.6 Å². The summed E-state index contributed by atoms with van der Waals surface area (Å²) in [5.74, 6) is -0.393. The number of aromatic amines is 1. The van der Waals surface area contributed by atoms with Crippen LogP contribution in [0.5, 0.6) is 0 Å². The van der Waals surface area contributed by atoms with Gasteiger partial charge < -0.3 is 0 Å². The summed E-state index contributed by atoms with van der Waals surface area (Å²) in [5, 5.41) is 7.35. The Kier molecular flexibility index (Phi) is 1.81. The predicted molar refractivity (Wildman–Crippen MR) is 48.8 cm³/mol. The lowest BCUT2D eigenvalue weighted by Gasteiger charge is -1.96. The van der Waals surface area contributed by atoms with Crippen LogP contribution in [0.4, 0.5) is 4.39 Å². The van der Waals surface area contributed by atoms with Crippen molar-refractivity contribution in [1.29, 1.82) is 0 Å². The lowest BCUT2D eigenvalue weighted by Crippen LogP contribution is -1.81. The van der Waals surface area contributed by atoms with Crippen LogP contribution in [0, 0.1) is 5.82 Å². The molecule has 0 aliphatic rings. The van der Waals surface area contributed by atoms with E-state index >= 15 is 0 Å². The number of halogens is 3. The highest BCUT2D eigenvalue weighted by atomic mass is 79.9. The van der Waals surface area contributed by atoms with Gasteiger partial charge in [-0.2, -0.15) is 5.10 Å². The maximum Gasteiger partial charge on any atom is 0.165 e. The molecule has 5 heteroatoms. The Morgan fingerprint density at radius 2 is 2.33 bits per heavy atom. The summed E-state index contributed by atoms with van der Waals surface area (Å²) in [7, 11) is 0. The Labute approximate surface area is 80.8 Å². The summed E-state index contributed by atoms with van der Waals surface area (Å²) in [5.41, 5.74) is 0.259. The maximum atomic E-state index is 13.2. The Morgan fingerprint density at radius 1 is 1.58 bits per heavy atom. The first-order valence-corrected chi connectivity index (χ1v) is 4.34. The fourth-order valence-electron chi connectivity index (χ4n) is 1.00. The topological polar surface area (TPSA) is 28.7 Å². The molecule has 0 aliphatic carbocycles. The molecule has 0 saturated carbocycles. The highest BCUT2D eigenvalue weighted by Crippen LogP contribution is 2.29. The molecule has 0 saturated heterocycles. The molecule has 1 aromatic heterocycles. The molecule has 62 valence electrons. The van der Waals surface area contributed by atoms with Crippen molar-refractivity contribution in [2.24, 2.45) is 0 Å². The monoisotopic (exact) mass is 248 g/mol. The zero-order valence-corrected chi connectivity index (χ0v) is 8.08. The van der Waals surface area contributed by atoms with Crippen molar-refractivity contribution in [1.82, 2.24) is 10.2 Å². The van der Waals surface area contributed by atoms with Crippen LogP contribution >= 0.6 is 27.5 Å². The molecule has 0 spiro atoms. The molecule has 1 aromatic carbocycles. The van der Waals surface area contributed by atoms with Gasteiger partial charge in [0.2, 0.25) is 0 Å². The molecule has 0 bridgehead atoms. The molecular formula is C7H3BrClFN2. The molecule has 2 nitrogen and oxygen atoms in total. The summed E-state index contributed by atoms with van der Waals surface area (Å²) < 4.78 is 13.5. The summed E-state index contributed by atoms with van der Waals surface area (Å²) in [6, 6.07) is 1.51. The largest absolute Gasteiger partial charge is 0.284 e. The molecule has 1 N–H and O–H groups in total. The molecule has 0 unspecified atom stereocenters. The number of nitrogens with zero attached hydrogens (tertiary/aromatic N) is 1. The molecule has 0 amide bonds. The third-order valence-electron chi connectivity index (χ3n) is 1.57. The van der Waals surface area contributed by atoms with Crippen LogP contribution in [0.25, 0.3) is 10.9 Å². The number of rotatable bonds is 0. The molecule has 0 atom stereocenters. The molecule has 12 heavy (non-hydrogen) atoms. The van der Waals surface area contributed by atoms with Crippen LogP contribution in [0.1, 0.15) is 0 Å². The van der Waals surface area contributed by atoms with Crippen molar-refractivity contribution in [3.8, 4) is 0 Å². The van der Waals surface area contributed by atoms with Gasteiger partial charge >= 0.3 is 0 Å². The minimum Gasteiger partial charge on any atom is -0.284 e. The van der Waals surface area contributed by atoms with E-state index in [4.69, 9.17) is 11.6 Å². The lowest BCUT2D eigenvalue weighted by atomic mass is 10.2. The predicted octanol–water partition coefficient (Wildman–Crippen LogP) is 3.12. The standard InChI is InChI=1S/C7H3BrClFN2/c8-4-1-5(9)3-2-11-12-7(3)6(4)10/h1-2H,(H,11,12). The van der Waals surface area contributed by atoms with Crippen LogP contribution in [0.2, 0.25) is 5.02 Å². The van der Waals surface area contributed by atoms with E-state index < -0.39 is 5.82 Å².